The molecule has 0 aliphatic carbocycles. The van der Waals surface area contributed by atoms with E-state index in [9.17, 15) is 0 Å². The van der Waals surface area contributed by atoms with E-state index >= 15 is 0 Å². The van der Waals surface area contributed by atoms with E-state index in [1.165, 1.54) is 0 Å². The van der Waals surface area contributed by atoms with Crippen LogP contribution in [0.4, 0.5) is 0 Å². The van der Waals surface area contributed by atoms with Crippen molar-refractivity contribution >= 4 is 27.5 Å². The molecule has 0 spiro atoms. The number of ether oxygens (including phenoxy) is 1. The number of hydrogen-bond donors (Lipinski definition) is 1. The highest BCUT2D eigenvalue weighted by Crippen LogP contribution is 2.35. The molecular formula is C15H19BrClN3O. The van der Waals surface area contributed by atoms with Crippen LogP contribution in [-0.4, -0.2) is 23.9 Å². The summed E-state index contributed by atoms with van der Waals surface area (Å²) in [7, 11) is 3.58. The first-order valence-electron chi connectivity index (χ1n) is 6.84. The van der Waals surface area contributed by atoms with E-state index in [0.29, 0.717) is 5.02 Å². The van der Waals surface area contributed by atoms with Crippen LogP contribution in [0.3, 0.4) is 0 Å². The third-order valence-electron chi connectivity index (χ3n) is 3.33. The highest BCUT2D eigenvalue weighted by Gasteiger charge is 2.24. The summed E-state index contributed by atoms with van der Waals surface area (Å²) in [4.78, 5) is 0. The minimum atomic E-state index is -0.0536. The minimum Gasteiger partial charge on any atom is -0.493 e. The molecule has 1 unspecified atom stereocenters. The van der Waals surface area contributed by atoms with Gasteiger partial charge in [0, 0.05) is 16.0 Å². The summed E-state index contributed by atoms with van der Waals surface area (Å²) in [6, 6.07) is 5.72. The molecule has 1 aromatic carbocycles. The molecule has 0 saturated carbocycles. The molecule has 0 fully saturated rings. The Kier molecular flexibility index (Phi) is 5.67. The lowest BCUT2D eigenvalue weighted by atomic mass is 10.0. The van der Waals surface area contributed by atoms with Crippen LogP contribution in [0, 0.1) is 0 Å². The molecule has 0 aliphatic heterocycles. The van der Waals surface area contributed by atoms with Crippen molar-refractivity contribution in [2.24, 2.45) is 0 Å². The van der Waals surface area contributed by atoms with Gasteiger partial charge in [-0.1, -0.05) is 34.5 Å². The number of methoxy groups -OCH3 is 1. The van der Waals surface area contributed by atoms with Crippen molar-refractivity contribution in [1.82, 2.24) is 15.1 Å². The second-order valence-electron chi connectivity index (χ2n) is 4.71. The van der Waals surface area contributed by atoms with Gasteiger partial charge >= 0.3 is 0 Å². The summed E-state index contributed by atoms with van der Waals surface area (Å²) in [5.74, 6) is 0.773. The zero-order valence-electron chi connectivity index (χ0n) is 12.4. The number of rotatable bonds is 6. The zero-order chi connectivity index (χ0) is 15.4. The highest BCUT2D eigenvalue weighted by atomic mass is 79.9. The van der Waals surface area contributed by atoms with Gasteiger partial charge in [0.15, 0.2) is 5.75 Å². The van der Waals surface area contributed by atoms with Crippen LogP contribution in [0.2, 0.25) is 5.02 Å². The first-order chi connectivity index (χ1) is 10.1. The largest absolute Gasteiger partial charge is 0.493 e. The van der Waals surface area contributed by atoms with Gasteiger partial charge in [0.2, 0.25) is 0 Å². The number of nitrogens with one attached hydrogen (secondary N) is 1. The van der Waals surface area contributed by atoms with Crippen LogP contribution in [0.25, 0.3) is 0 Å². The van der Waals surface area contributed by atoms with Crippen molar-refractivity contribution < 1.29 is 4.74 Å². The Balaban J connectivity index is 2.55. The van der Waals surface area contributed by atoms with E-state index in [2.05, 4.69) is 33.3 Å². The number of aromatic nitrogens is 2. The maximum atomic E-state index is 6.15. The van der Waals surface area contributed by atoms with Gasteiger partial charge in [0.05, 0.1) is 19.3 Å². The molecule has 0 saturated heterocycles. The van der Waals surface area contributed by atoms with E-state index in [-0.39, 0.29) is 6.04 Å². The first kappa shape index (κ1) is 16.3. The van der Waals surface area contributed by atoms with Gasteiger partial charge in [-0.25, -0.2) is 0 Å². The molecule has 114 valence electrons. The van der Waals surface area contributed by atoms with E-state index < -0.39 is 0 Å². The molecule has 21 heavy (non-hydrogen) atoms. The molecule has 1 aromatic heterocycles. The average molecular weight is 373 g/mol. The molecule has 1 heterocycles. The topological polar surface area (TPSA) is 39.1 Å². The van der Waals surface area contributed by atoms with Crippen molar-refractivity contribution in [2.75, 3.05) is 14.2 Å². The Morgan fingerprint density at radius 3 is 2.86 bits per heavy atom. The molecule has 0 aliphatic rings. The lowest BCUT2D eigenvalue weighted by Gasteiger charge is -2.21. The zero-order valence-corrected chi connectivity index (χ0v) is 14.7. The fourth-order valence-electron chi connectivity index (χ4n) is 2.39. The van der Waals surface area contributed by atoms with Crippen LogP contribution in [-0.2, 0) is 6.54 Å². The summed E-state index contributed by atoms with van der Waals surface area (Å²) in [6.45, 7) is 2.97. The second-order valence-corrected chi connectivity index (χ2v) is 6.00. The maximum absolute atomic E-state index is 6.15. The van der Waals surface area contributed by atoms with Crippen molar-refractivity contribution in [1.29, 1.82) is 0 Å². The molecule has 0 amide bonds. The molecule has 2 aromatic rings. The van der Waals surface area contributed by atoms with Gasteiger partial charge in [-0.3, -0.25) is 4.68 Å². The van der Waals surface area contributed by atoms with Gasteiger partial charge in [-0.05, 0) is 37.2 Å². The first-order valence-corrected chi connectivity index (χ1v) is 8.01. The quantitative estimate of drug-likeness (QED) is 0.832. The van der Waals surface area contributed by atoms with Gasteiger partial charge in [0.1, 0.15) is 5.69 Å². The lowest BCUT2D eigenvalue weighted by Crippen LogP contribution is -2.22. The minimum absolute atomic E-state index is 0.0536. The summed E-state index contributed by atoms with van der Waals surface area (Å²) in [5.41, 5.74) is 2.06. The van der Waals surface area contributed by atoms with Crippen LogP contribution >= 0.6 is 27.5 Å². The fourth-order valence-corrected chi connectivity index (χ4v) is 3.05. The summed E-state index contributed by atoms with van der Waals surface area (Å²) < 4.78 is 8.45. The van der Waals surface area contributed by atoms with Crippen LogP contribution < -0.4 is 10.1 Å². The molecule has 1 atom stereocenters. The molecule has 6 heteroatoms. The molecule has 4 nitrogen and oxygen atoms in total. The van der Waals surface area contributed by atoms with Crippen molar-refractivity contribution in [3.05, 3.63) is 45.1 Å². The number of aryl methyl sites for hydroxylation is 1. The van der Waals surface area contributed by atoms with E-state index in [4.69, 9.17) is 16.3 Å². The predicted molar refractivity (Wildman–Crippen MR) is 89.1 cm³/mol. The van der Waals surface area contributed by atoms with Gasteiger partial charge in [-0.15, -0.1) is 0 Å². The molecular weight excluding hydrogens is 354 g/mol. The molecule has 2 rings (SSSR count). The Morgan fingerprint density at radius 2 is 2.24 bits per heavy atom. The van der Waals surface area contributed by atoms with Gasteiger partial charge in [-0.2, -0.15) is 5.10 Å². The summed E-state index contributed by atoms with van der Waals surface area (Å²) >= 11 is 9.75. The highest BCUT2D eigenvalue weighted by molar-refractivity contribution is 9.10. The van der Waals surface area contributed by atoms with E-state index in [1.54, 1.807) is 13.3 Å². The Bertz CT molecular complexity index is 615. The standard InChI is InChI=1S/C15H19BrClN3O/c1-4-7-20-15(13(21-3)9-19-20)14(18-2)11-8-10(17)5-6-12(11)16/h5-6,8-9,14,18H,4,7H2,1-3H3. The average Bonchev–Trinajstić information content (AvgIpc) is 2.87. The van der Waals surface area contributed by atoms with Crippen LogP contribution in [0.5, 0.6) is 5.75 Å². The van der Waals surface area contributed by atoms with Gasteiger partial charge < -0.3 is 10.1 Å². The third-order valence-corrected chi connectivity index (χ3v) is 4.29. The monoisotopic (exact) mass is 371 g/mol. The van der Waals surface area contributed by atoms with Crippen LogP contribution in [0.15, 0.2) is 28.9 Å². The van der Waals surface area contributed by atoms with Crippen LogP contribution in [0.1, 0.15) is 30.6 Å². The van der Waals surface area contributed by atoms with E-state index in [0.717, 1.165) is 34.4 Å². The second kappa shape index (κ2) is 7.29. The fraction of sp³-hybridized carbons (Fsp3) is 0.400. The lowest BCUT2D eigenvalue weighted by molar-refractivity contribution is 0.400. The van der Waals surface area contributed by atoms with Gasteiger partial charge in [0.25, 0.3) is 0 Å². The number of nitrogens with zero attached hydrogens (tertiary/aromatic N) is 2. The molecule has 0 bridgehead atoms. The third kappa shape index (κ3) is 3.42. The smallest absolute Gasteiger partial charge is 0.161 e. The number of halogens is 2. The number of hydrogen-bond acceptors (Lipinski definition) is 3. The predicted octanol–water partition coefficient (Wildman–Crippen LogP) is 4.03. The molecule has 0 radical (unpaired) electrons. The van der Waals surface area contributed by atoms with E-state index in [1.807, 2.05) is 29.9 Å². The Labute approximate surface area is 138 Å². The Hall–Kier alpha value is -1.04. The number of benzene rings is 1. The van der Waals surface area contributed by atoms with Crippen molar-refractivity contribution in [2.45, 2.75) is 25.9 Å². The van der Waals surface area contributed by atoms with Crippen molar-refractivity contribution in [3.8, 4) is 5.75 Å². The molecule has 1 N–H and O–H groups in total. The normalized spacial score (nSPS) is 12.4. The summed E-state index contributed by atoms with van der Waals surface area (Å²) in [6.07, 6.45) is 2.76. The maximum Gasteiger partial charge on any atom is 0.161 e. The SMILES string of the molecule is CCCn1ncc(OC)c1C(NC)c1cc(Cl)ccc1Br. The Morgan fingerprint density at radius 1 is 1.48 bits per heavy atom. The van der Waals surface area contributed by atoms with Crippen molar-refractivity contribution in [3.63, 3.8) is 0 Å². The summed E-state index contributed by atoms with van der Waals surface area (Å²) in [5, 5.41) is 8.46.